The fraction of sp³-hybridized carbons (Fsp3) is 0.185. The predicted octanol–water partition coefficient (Wildman–Crippen LogP) is 4.13. The number of carboxylic acids is 2. The highest BCUT2D eigenvalue weighted by Crippen LogP contribution is 2.29. The number of fused-ring (bicyclic) bond motifs is 1. The summed E-state index contributed by atoms with van der Waals surface area (Å²) >= 11 is 0. The van der Waals surface area contributed by atoms with E-state index < -0.39 is 11.9 Å². The Hall–Kier alpha value is -4.50. The average Bonchev–Trinajstić information content (AvgIpc) is 3.26. The van der Waals surface area contributed by atoms with Crippen molar-refractivity contribution in [3.8, 4) is 22.7 Å². The highest BCUT2D eigenvalue weighted by atomic mass is 16.5. The second kappa shape index (κ2) is 12.8. The highest BCUT2D eigenvalue weighted by molar-refractivity contribution is 5.92. The van der Waals surface area contributed by atoms with Gasteiger partial charge in [-0.15, -0.1) is 0 Å². The van der Waals surface area contributed by atoms with Crippen LogP contribution in [0.15, 0.2) is 85.1 Å². The molecule has 4 aromatic rings. The Morgan fingerprint density at radius 3 is 2.22 bits per heavy atom. The van der Waals surface area contributed by atoms with Gasteiger partial charge in [-0.05, 0) is 69.0 Å². The number of para-hydroxylation sites is 1. The lowest BCUT2D eigenvalue weighted by Gasteiger charge is -2.10. The molecule has 0 fully saturated rings. The number of aliphatic carboxylic acids is 2. The normalized spacial score (nSPS) is 10.9. The first-order chi connectivity index (χ1) is 17.3. The lowest BCUT2D eigenvalue weighted by atomic mass is 10.1. The van der Waals surface area contributed by atoms with Gasteiger partial charge in [0.2, 0.25) is 0 Å². The molecule has 0 spiro atoms. The maximum Gasteiger partial charge on any atom is 0.328 e. The van der Waals surface area contributed by atoms with Gasteiger partial charge < -0.3 is 19.8 Å². The van der Waals surface area contributed by atoms with Gasteiger partial charge in [0.1, 0.15) is 11.4 Å². The van der Waals surface area contributed by atoms with Crippen molar-refractivity contribution in [2.24, 2.45) is 0 Å². The molecule has 2 aromatic heterocycles. The van der Waals surface area contributed by atoms with Gasteiger partial charge in [0.05, 0.1) is 12.3 Å². The Morgan fingerprint density at radius 1 is 0.944 bits per heavy atom. The lowest BCUT2D eigenvalue weighted by Crippen LogP contribution is -2.15. The summed E-state index contributed by atoms with van der Waals surface area (Å²) in [6.45, 7) is 1.74. The smallest absolute Gasteiger partial charge is 0.328 e. The zero-order valence-electron chi connectivity index (χ0n) is 20.1. The molecule has 4 rings (SSSR count). The van der Waals surface area contributed by atoms with Gasteiger partial charge in [0.15, 0.2) is 5.65 Å². The quantitative estimate of drug-likeness (QED) is 0.267. The summed E-state index contributed by atoms with van der Waals surface area (Å²) in [4.78, 5) is 25.8. The van der Waals surface area contributed by atoms with Crippen LogP contribution in [0.3, 0.4) is 0 Å². The maximum atomic E-state index is 9.55. The van der Waals surface area contributed by atoms with Crippen LogP contribution in [0.2, 0.25) is 0 Å². The number of rotatable bonds is 9. The molecular formula is C27H28N4O5. The van der Waals surface area contributed by atoms with Gasteiger partial charge in [-0.25, -0.2) is 19.3 Å². The number of aromatic nitrogens is 3. The van der Waals surface area contributed by atoms with E-state index >= 15 is 0 Å². The molecule has 9 heteroatoms. The van der Waals surface area contributed by atoms with Crippen molar-refractivity contribution in [2.45, 2.75) is 6.42 Å². The van der Waals surface area contributed by atoms with E-state index in [-0.39, 0.29) is 0 Å². The van der Waals surface area contributed by atoms with Gasteiger partial charge in [0, 0.05) is 35.8 Å². The Bertz CT molecular complexity index is 1300. The Labute approximate surface area is 208 Å². The molecule has 0 aliphatic carbocycles. The number of nitrogens with zero attached hydrogens (tertiary/aromatic N) is 4. The maximum absolute atomic E-state index is 9.55. The first kappa shape index (κ1) is 26.1. The fourth-order valence-electron chi connectivity index (χ4n) is 3.34. The third kappa shape index (κ3) is 7.51. The molecule has 2 heterocycles. The molecule has 9 nitrogen and oxygen atoms in total. The number of benzene rings is 2. The Morgan fingerprint density at radius 2 is 1.61 bits per heavy atom. The molecule has 2 N–H and O–H groups in total. The molecule has 2 aromatic carbocycles. The minimum absolute atomic E-state index is 0.558. The molecule has 0 saturated carbocycles. The minimum atomic E-state index is -1.26. The number of ether oxygens (including phenoxy) is 1. The first-order valence-corrected chi connectivity index (χ1v) is 11.3. The zero-order valence-corrected chi connectivity index (χ0v) is 20.1. The molecule has 186 valence electrons. The Kier molecular flexibility index (Phi) is 9.30. The summed E-state index contributed by atoms with van der Waals surface area (Å²) < 4.78 is 7.74. The van der Waals surface area contributed by atoms with Crippen LogP contribution in [0.25, 0.3) is 28.0 Å². The number of carboxylic acid groups (broad SMARTS) is 2. The van der Waals surface area contributed by atoms with Crippen LogP contribution >= 0.6 is 0 Å². The van der Waals surface area contributed by atoms with Crippen molar-refractivity contribution in [3.63, 3.8) is 0 Å². The zero-order chi connectivity index (χ0) is 25.9. The molecule has 0 amide bonds. The van der Waals surface area contributed by atoms with Crippen LogP contribution < -0.4 is 4.74 Å². The predicted molar refractivity (Wildman–Crippen MR) is 137 cm³/mol. The van der Waals surface area contributed by atoms with Crippen molar-refractivity contribution >= 4 is 23.0 Å². The summed E-state index contributed by atoms with van der Waals surface area (Å²) in [6, 6.07) is 22.2. The molecule has 0 unspecified atom stereocenters. The van der Waals surface area contributed by atoms with Crippen molar-refractivity contribution in [2.75, 3.05) is 27.2 Å². The summed E-state index contributed by atoms with van der Waals surface area (Å²) in [7, 11) is 4.14. The third-order valence-corrected chi connectivity index (χ3v) is 4.96. The van der Waals surface area contributed by atoms with Crippen LogP contribution in [-0.4, -0.2) is 69.1 Å². The topological polar surface area (TPSA) is 118 Å². The van der Waals surface area contributed by atoms with E-state index in [1.807, 2.05) is 53.2 Å². The van der Waals surface area contributed by atoms with E-state index in [1.54, 1.807) is 6.20 Å². The van der Waals surface area contributed by atoms with E-state index in [0.29, 0.717) is 18.8 Å². The molecule has 0 atom stereocenters. The number of carbonyl (C=O) groups is 2. The summed E-state index contributed by atoms with van der Waals surface area (Å²) in [5.41, 5.74) is 3.82. The highest BCUT2D eigenvalue weighted by Gasteiger charge is 2.14. The molecule has 0 bridgehead atoms. The van der Waals surface area contributed by atoms with Crippen molar-refractivity contribution in [3.05, 3.63) is 85.1 Å². The van der Waals surface area contributed by atoms with E-state index in [0.717, 1.165) is 46.7 Å². The van der Waals surface area contributed by atoms with Gasteiger partial charge in [-0.1, -0.05) is 18.2 Å². The molecule has 36 heavy (non-hydrogen) atoms. The van der Waals surface area contributed by atoms with Crippen LogP contribution in [0.1, 0.15) is 6.42 Å². The largest absolute Gasteiger partial charge is 0.494 e. The van der Waals surface area contributed by atoms with Gasteiger partial charge >= 0.3 is 11.9 Å². The monoisotopic (exact) mass is 488 g/mol. The summed E-state index contributed by atoms with van der Waals surface area (Å²) in [6.07, 6.45) is 3.93. The molecule has 0 radical (unpaired) electrons. The number of hydrogen-bond donors (Lipinski definition) is 2. The fourth-order valence-corrected chi connectivity index (χ4v) is 3.34. The first-order valence-electron chi connectivity index (χ1n) is 11.3. The Balaban J connectivity index is 0.000000392. The second-order valence-electron chi connectivity index (χ2n) is 8.01. The average molecular weight is 489 g/mol. The molecule has 0 aliphatic rings. The van der Waals surface area contributed by atoms with Gasteiger partial charge in [-0.3, -0.25) is 0 Å². The van der Waals surface area contributed by atoms with E-state index in [2.05, 4.69) is 42.2 Å². The summed E-state index contributed by atoms with van der Waals surface area (Å²) in [5, 5.41) is 21.5. The molecule has 0 saturated heterocycles. The van der Waals surface area contributed by atoms with E-state index in [1.165, 1.54) is 0 Å². The molecular weight excluding hydrogens is 460 g/mol. The molecule has 0 aliphatic heterocycles. The second-order valence-corrected chi connectivity index (χ2v) is 8.01. The van der Waals surface area contributed by atoms with E-state index in [9.17, 15) is 9.59 Å². The van der Waals surface area contributed by atoms with Crippen LogP contribution in [0.4, 0.5) is 0 Å². The summed E-state index contributed by atoms with van der Waals surface area (Å²) in [5.74, 6) is -1.63. The minimum Gasteiger partial charge on any atom is -0.494 e. The standard InChI is InChI=1S/C23H24N4O.C4H4O4/c1-26(2)16-7-17-28-20-13-11-18(12-14-20)22-21-10-6-15-24-23(21)27(25-22)19-8-4-3-5-9-19;5-3(6)1-2-4(7)8/h3-6,8-15H,7,16-17H2,1-2H3;1-2H,(H,5,6)(H,7,8). The van der Waals surface area contributed by atoms with E-state index in [4.69, 9.17) is 20.0 Å². The van der Waals surface area contributed by atoms with Crippen molar-refractivity contribution in [1.29, 1.82) is 0 Å². The van der Waals surface area contributed by atoms with Crippen LogP contribution in [0, 0.1) is 0 Å². The van der Waals surface area contributed by atoms with Gasteiger partial charge in [-0.2, -0.15) is 5.10 Å². The SMILES string of the molecule is CN(C)CCCOc1ccc(-c2nn(-c3ccccc3)c3ncccc23)cc1.O=C(O)C=CC(=O)O. The lowest BCUT2D eigenvalue weighted by molar-refractivity contribution is -0.134. The van der Waals surface area contributed by atoms with Crippen molar-refractivity contribution < 1.29 is 24.5 Å². The van der Waals surface area contributed by atoms with Crippen molar-refractivity contribution in [1.82, 2.24) is 19.7 Å². The third-order valence-electron chi connectivity index (χ3n) is 4.96. The number of pyridine rings is 1. The number of hydrogen-bond acceptors (Lipinski definition) is 6. The van der Waals surface area contributed by atoms with Gasteiger partial charge in [0.25, 0.3) is 0 Å². The van der Waals surface area contributed by atoms with Crippen LogP contribution in [0.5, 0.6) is 5.75 Å². The van der Waals surface area contributed by atoms with Crippen LogP contribution in [-0.2, 0) is 9.59 Å².